The maximum absolute atomic E-state index is 13.0. The molecule has 2 aliphatic carbocycles. The molecule has 0 heterocycles. The smallest absolute Gasteiger partial charge is 0.416 e. The van der Waals surface area contributed by atoms with Gasteiger partial charge in [0.15, 0.2) is 5.78 Å². The normalized spacial score (nSPS) is 22.4. The number of hydrogen-bond donors (Lipinski definition) is 1. The molecule has 0 unspecified atom stereocenters. The number of allylic oxidation sites excluding steroid dienone is 2. The molecule has 5 heteroatoms. The van der Waals surface area contributed by atoms with Gasteiger partial charge in [-0.25, -0.2) is 0 Å². The lowest BCUT2D eigenvalue weighted by atomic mass is 9.81. The summed E-state index contributed by atoms with van der Waals surface area (Å²) in [6.45, 7) is 1.84. The molecule has 0 aliphatic heterocycles. The first kappa shape index (κ1) is 17.8. The van der Waals surface area contributed by atoms with Crippen molar-refractivity contribution in [3.8, 4) is 11.1 Å². The standard InChI is InChI=1S/C22H19F3O2/c1-12-5-6-14(13-3-2-4-17(10-13)22(23,24)25)11-18(12)19-20(26)15-7-8-16(9-15)21(19)27/h2-6,10-11,15-16,26H,7-9H2,1H3/t15-,16+/m0/s1. The fraction of sp³-hybridized carbons (Fsp3) is 0.318. The first-order valence-electron chi connectivity index (χ1n) is 9.01. The molecule has 1 N–H and O–H groups in total. The second-order valence-electron chi connectivity index (χ2n) is 7.44. The van der Waals surface area contributed by atoms with Gasteiger partial charge in [0.2, 0.25) is 0 Å². The minimum absolute atomic E-state index is 0.0133. The molecule has 2 aromatic rings. The maximum Gasteiger partial charge on any atom is 0.416 e. The Hall–Kier alpha value is -2.56. The van der Waals surface area contributed by atoms with E-state index in [0.717, 1.165) is 30.5 Å². The summed E-state index contributed by atoms with van der Waals surface area (Å²) in [7, 11) is 0. The van der Waals surface area contributed by atoms with Gasteiger partial charge in [-0.1, -0.05) is 24.3 Å². The van der Waals surface area contributed by atoms with Crippen LogP contribution in [0.5, 0.6) is 0 Å². The fourth-order valence-electron chi connectivity index (χ4n) is 4.22. The fourth-order valence-corrected chi connectivity index (χ4v) is 4.22. The second kappa shape index (κ2) is 6.25. The van der Waals surface area contributed by atoms with Crippen LogP contribution in [0.2, 0.25) is 0 Å². The minimum atomic E-state index is -4.41. The number of aliphatic hydroxyl groups excluding tert-OH is 1. The van der Waals surface area contributed by atoms with Crippen LogP contribution < -0.4 is 0 Å². The van der Waals surface area contributed by atoms with Crippen LogP contribution in [0.25, 0.3) is 16.7 Å². The van der Waals surface area contributed by atoms with E-state index < -0.39 is 11.7 Å². The highest BCUT2D eigenvalue weighted by Crippen LogP contribution is 2.46. The summed E-state index contributed by atoms with van der Waals surface area (Å²) in [5.74, 6) is 0.0420. The molecule has 1 saturated carbocycles. The molecular formula is C22H19F3O2. The number of carbonyl (C=O) groups is 1. The molecule has 27 heavy (non-hydrogen) atoms. The number of rotatable bonds is 2. The summed E-state index contributed by atoms with van der Waals surface area (Å²) in [5.41, 5.74) is 2.09. The zero-order valence-corrected chi connectivity index (χ0v) is 14.8. The van der Waals surface area contributed by atoms with Crippen LogP contribution in [-0.2, 0) is 11.0 Å². The predicted octanol–water partition coefficient (Wildman–Crippen LogP) is 5.95. The number of fused-ring (bicyclic) bond motifs is 2. The second-order valence-corrected chi connectivity index (χ2v) is 7.44. The average molecular weight is 372 g/mol. The first-order valence-corrected chi connectivity index (χ1v) is 9.01. The van der Waals surface area contributed by atoms with Gasteiger partial charge in [0, 0.05) is 11.8 Å². The minimum Gasteiger partial charge on any atom is -0.511 e. The highest BCUT2D eigenvalue weighted by atomic mass is 19.4. The molecular weight excluding hydrogens is 353 g/mol. The third-order valence-electron chi connectivity index (χ3n) is 5.72. The average Bonchev–Trinajstić information content (AvgIpc) is 3.08. The number of hydrogen-bond acceptors (Lipinski definition) is 2. The Morgan fingerprint density at radius 2 is 1.70 bits per heavy atom. The van der Waals surface area contributed by atoms with E-state index in [4.69, 9.17) is 0 Å². The molecule has 2 aromatic carbocycles. The SMILES string of the molecule is Cc1ccc(-c2cccc(C(F)(F)F)c2)cc1C1=C(O)[C@H]2CC[C@H](C2)C1=O. The van der Waals surface area contributed by atoms with Gasteiger partial charge in [-0.3, -0.25) is 4.79 Å². The largest absolute Gasteiger partial charge is 0.511 e. The molecule has 140 valence electrons. The lowest BCUT2D eigenvalue weighted by molar-refractivity contribution is -0.137. The lowest BCUT2D eigenvalue weighted by Gasteiger charge is -2.23. The number of halogens is 3. The quantitative estimate of drug-likeness (QED) is 0.707. The maximum atomic E-state index is 13.0. The molecule has 0 amide bonds. The first-order chi connectivity index (χ1) is 12.8. The third kappa shape index (κ3) is 3.05. The van der Waals surface area contributed by atoms with E-state index in [-0.39, 0.29) is 23.4 Å². The summed E-state index contributed by atoms with van der Waals surface area (Å²) in [4.78, 5) is 12.8. The van der Waals surface area contributed by atoms with Crippen LogP contribution >= 0.6 is 0 Å². The number of carbonyl (C=O) groups excluding carboxylic acids is 1. The van der Waals surface area contributed by atoms with E-state index in [1.807, 2.05) is 6.92 Å². The van der Waals surface area contributed by atoms with E-state index in [1.165, 1.54) is 6.07 Å². The van der Waals surface area contributed by atoms with Gasteiger partial charge in [0.1, 0.15) is 5.76 Å². The van der Waals surface area contributed by atoms with Crippen molar-refractivity contribution in [2.24, 2.45) is 11.8 Å². The molecule has 0 saturated heterocycles. The molecule has 0 radical (unpaired) electrons. The van der Waals surface area contributed by atoms with Crippen molar-refractivity contribution >= 4 is 11.4 Å². The highest BCUT2D eigenvalue weighted by molar-refractivity contribution is 6.23. The van der Waals surface area contributed by atoms with Crippen molar-refractivity contribution in [3.63, 3.8) is 0 Å². The molecule has 2 nitrogen and oxygen atoms in total. The van der Waals surface area contributed by atoms with Crippen molar-refractivity contribution in [1.82, 2.24) is 0 Å². The van der Waals surface area contributed by atoms with Crippen molar-refractivity contribution in [2.75, 3.05) is 0 Å². The number of ketones is 1. The van der Waals surface area contributed by atoms with E-state index in [1.54, 1.807) is 24.3 Å². The van der Waals surface area contributed by atoms with Gasteiger partial charge in [-0.05, 0) is 66.6 Å². The Kier molecular flexibility index (Phi) is 4.13. The van der Waals surface area contributed by atoms with E-state index >= 15 is 0 Å². The molecule has 2 bridgehead atoms. The van der Waals surface area contributed by atoms with Gasteiger partial charge in [0.05, 0.1) is 11.1 Å². The Bertz CT molecular complexity index is 956. The summed E-state index contributed by atoms with van der Waals surface area (Å²) < 4.78 is 39.1. The van der Waals surface area contributed by atoms with E-state index in [9.17, 15) is 23.1 Å². The Morgan fingerprint density at radius 3 is 2.44 bits per heavy atom. The summed E-state index contributed by atoms with van der Waals surface area (Å²) in [6.07, 6.45) is -2.13. The van der Waals surface area contributed by atoms with Gasteiger partial charge < -0.3 is 5.11 Å². The number of Topliss-reactive ketones (excluding diaryl/α,β-unsaturated/α-hetero) is 1. The Balaban J connectivity index is 1.82. The van der Waals surface area contributed by atoms with Crippen LogP contribution in [0.1, 0.15) is 36.0 Å². The molecule has 1 fully saturated rings. The molecule has 0 aromatic heterocycles. The zero-order valence-electron chi connectivity index (χ0n) is 14.8. The third-order valence-corrected chi connectivity index (χ3v) is 5.72. The van der Waals surface area contributed by atoms with Crippen molar-refractivity contribution < 1.29 is 23.1 Å². The van der Waals surface area contributed by atoms with E-state index in [0.29, 0.717) is 28.7 Å². The molecule has 4 rings (SSSR count). The Morgan fingerprint density at radius 1 is 1.00 bits per heavy atom. The van der Waals surface area contributed by atoms with Crippen molar-refractivity contribution in [3.05, 3.63) is 64.9 Å². The summed E-state index contributed by atoms with van der Waals surface area (Å²) in [5, 5.41) is 10.6. The summed E-state index contributed by atoms with van der Waals surface area (Å²) >= 11 is 0. The number of aryl methyl sites for hydroxylation is 1. The monoisotopic (exact) mass is 372 g/mol. The number of alkyl halides is 3. The van der Waals surface area contributed by atoms with Gasteiger partial charge >= 0.3 is 6.18 Å². The molecule has 2 atom stereocenters. The number of aliphatic hydroxyl groups is 1. The van der Waals surface area contributed by atoms with Crippen LogP contribution in [-0.4, -0.2) is 10.9 Å². The zero-order chi connectivity index (χ0) is 19.3. The molecule has 0 spiro atoms. The van der Waals surface area contributed by atoms with Crippen molar-refractivity contribution in [2.45, 2.75) is 32.4 Å². The van der Waals surface area contributed by atoms with Gasteiger partial charge in [0.25, 0.3) is 0 Å². The van der Waals surface area contributed by atoms with Crippen molar-refractivity contribution in [1.29, 1.82) is 0 Å². The van der Waals surface area contributed by atoms with Crippen LogP contribution in [0.4, 0.5) is 13.2 Å². The molecule has 2 aliphatic rings. The van der Waals surface area contributed by atoms with Crippen LogP contribution in [0.15, 0.2) is 48.2 Å². The van der Waals surface area contributed by atoms with Crippen LogP contribution in [0, 0.1) is 18.8 Å². The topological polar surface area (TPSA) is 37.3 Å². The highest BCUT2D eigenvalue weighted by Gasteiger charge is 2.41. The Labute approximate surface area is 155 Å². The van der Waals surface area contributed by atoms with Gasteiger partial charge in [-0.15, -0.1) is 0 Å². The van der Waals surface area contributed by atoms with E-state index in [2.05, 4.69) is 0 Å². The van der Waals surface area contributed by atoms with Crippen LogP contribution in [0.3, 0.4) is 0 Å². The van der Waals surface area contributed by atoms with Gasteiger partial charge in [-0.2, -0.15) is 13.2 Å². The number of benzene rings is 2. The lowest BCUT2D eigenvalue weighted by Crippen LogP contribution is -2.21. The predicted molar refractivity (Wildman–Crippen MR) is 97.0 cm³/mol. The summed E-state index contributed by atoms with van der Waals surface area (Å²) in [6, 6.07) is 10.4.